The molecule has 0 saturated carbocycles. The van der Waals surface area contributed by atoms with Gasteiger partial charge < -0.3 is 10.1 Å². The number of anilines is 1. The molecule has 1 aromatic carbocycles. The molecule has 1 saturated heterocycles. The van der Waals surface area contributed by atoms with E-state index >= 15 is 0 Å². The molecule has 118 valence electrons. The van der Waals surface area contributed by atoms with Crippen LogP contribution in [0.3, 0.4) is 0 Å². The van der Waals surface area contributed by atoms with Gasteiger partial charge in [-0.25, -0.2) is 9.29 Å². The van der Waals surface area contributed by atoms with Gasteiger partial charge in [0.05, 0.1) is 18.8 Å². The highest BCUT2D eigenvalue weighted by Gasteiger charge is 2.25. The summed E-state index contributed by atoms with van der Waals surface area (Å²) in [6, 6.07) is 6.09. The second kappa shape index (κ2) is 6.45. The van der Waals surface area contributed by atoms with Crippen molar-refractivity contribution in [1.82, 2.24) is 9.29 Å². The highest BCUT2D eigenvalue weighted by Crippen LogP contribution is 2.37. The first-order valence-corrected chi connectivity index (χ1v) is 9.02. The third-order valence-electron chi connectivity index (χ3n) is 3.70. The molecule has 1 N–H and O–H groups in total. The molecular formula is C16H15N3O2S2. The summed E-state index contributed by atoms with van der Waals surface area (Å²) in [7, 11) is 0. The molecule has 0 bridgehead atoms. The molecule has 4 rings (SSSR count). The zero-order chi connectivity index (χ0) is 15.6. The van der Waals surface area contributed by atoms with Crippen LogP contribution in [0, 0.1) is 0 Å². The average molecular weight is 345 g/mol. The number of morpholine rings is 1. The number of benzene rings is 1. The number of hydrogen-bond acceptors (Lipinski definition) is 6. The van der Waals surface area contributed by atoms with Crippen molar-refractivity contribution in [2.24, 2.45) is 0 Å². The van der Waals surface area contributed by atoms with Crippen molar-refractivity contribution < 1.29 is 9.53 Å². The highest BCUT2D eigenvalue weighted by molar-refractivity contribution is 7.97. The van der Waals surface area contributed by atoms with Crippen molar-refractivity contribution in [3.8, 4) is 0 Å². The van der Waals surface area contributed by atoms with E-state index in [2.05, 4.69) is 20.7 Å². The Morgan fingerprint density at radius 2 is 2.22 bits per heavy atom. The minimum atomic E-state index is -0.0660. The predicted molar refractivity (Wildman–Crippen MR) is 93.3 cm³/mol. The van der Waals surface area contributed by atoms with Crippen LogP contribution < -0.4 is 5.32 Å². The maximum absolute atomic E-state index is 12.2. The van der Waals surface area contributed by atoms with E-state index in [9.17, 15) is 4.79 Å². The fourth-order valence-electron chi connectivity index (χ4n) is 2.58. The molecule has 2 aliphatic heterocycles. The topological polar surface area (TPSA) is 54.5 Å². The minimum absolute atomic E-state index is 0.0660. The predicted octanol–water partition coefficient (Wildman–Crippen LogP) is 2.98. The van der Waals surface area contributed by atoms with Gasteiger partial charge in [0.2, 0.25) is 0 Å². The molecule has 1 amide bonds. The smallest absolute Gasteiger partial charge is 0.256 e. The molecule has 0 radical (unpaired) electrons. The van der Waals surface area contributed by atoms with Crippen LogP contribution in [0.2, 0.25) is 0 Å². The van der Waals surface area contributed by atoms with Gasteiger partial charge in [-0.1, -0.05) is 0 Å². The molecule has 0 spiro atoms. The number of carbonyl (C=O) groups is 1. The first-order valence-electron chi connectivity index (χ1n) is 7.37. The monoisotopic (exact) mass is 345 g/mol. The van der Waals surface area contributed by atoms with Crippen molar-refractivity contribution in [1.29, 1.82) is 0 Å². The number of carbonyl (C=O) groups excluding carboxylic acids is 1. The number of ether oxygens (including phenoxy) is 1. The maximum Gasteiger partial charge on any atom is 0.256 e. The van der Waals surface area contributed by atoms with Gasteiger partial charge in [0.15, 0.2) is 0 Å². The Kier molecular flexibility index (Phi) is 4.17. The number of aromatic nitrogens is 1. The molecule has 2 aromatic rings. The molecule has 1 fully saturated rings. The second-order valence-corrected chi connectivity index (χ2v) is 7.32. The SMILES string of the molecule is O=C1Nc2ccc(SN3CCOCC3)cc2/C1=C\c1nccs1. The van der Waals surface area contributed by atoms with Crippen LogP contribution in [0.15, 0.2) is 34.7 Å². The van der Waals surface area contributed by atoms with Crippen LogP contribution in [-0.4, -0.2) is 41.5 Å². The van der Waals surface area contributed by atoms with Crippen LogP contribution in [0.5, 0.6) is 0 Å². The van der Waals surface area contributed by atoms with Crippen molar-refractivity contribution in [3.05, 3.63) is 40.3 Å². The van der Waals surface area contributed by atoms with E-state index in [4.69, 9.17) is 4.74 Å². The molecule has 5 nitrogen and oxygen atoms in total. The summed E-state index contributed by atoms with van der Waals surface area (Å²) in [6.07, 6.45) is 3.60. The molecule has 0 atom stereocenters. The molecule has 0 unspecified atom stereocenters. The van der Waals surface area contributed by atoms with Crippen molar-refractivity contribution in [2.45, 2.75) is 4.90 Å². The summed E-state index contributed by atoms with van der Waals surface area (Å²) >= 11 is 3.24. The summed E-state index contributed by atoms with van der Waals surface area (Å²) in [5, 5.41) is 5.67. The lowest BCUT2D eigenvalue weighted by Gasteiger charge is -2.25. The van der Waals surface area contributed by atoms with E-state index < -0.39 is 0 Å². The molecule has 1 aromatic heterocycles. The van der Waals surface area contributed by atoms with Gasteiger partial charge in [0.1, 0.15) is 5.01 Å². The maximum atomic E-state index is 12.2. The van der Waals surface area contributed by atoms with Gasteiger partial charge in [-0.3, -0.25) is 4.79 Å². The number of thiazole rings is 1. The number of amides is 1. The van der Waals surface area contributed by atoms with Gasteiger partial charge in [0.25, 0.3) is 5.91 Å². The summed E-state index contributed by atoms with van der Waals surface area (Å²) in [4.78, 5) is 17.6. The second-order valence-electron chi connectivity index (χ2n) is 5.22. The normalized spacial score (nSPS) is 19.8. The minimum Gasteiger partial charge on any atom is -0.379 e. The van der Waals surface area contributed by atoms with E-state index in [0.717, 1.165) is 47.5 Å². The van der Waals surface area contributed by atoms with Crippen molar-refractivity contribution >= 4 is 46.5 Å². The van der Waals surface area contributed by atoms with E-state index in [1.165, 1.54) is 11.3 Å². The third-order valence-corrected chi connectivity index (χ3v) is 5.51. The Balaban J connectivity index is 1.62. The number of rotatable bonds is 3. The number of fused-ring (bicyclic) bond motifs is 1. The fraction of sp³-hybridized carbons (Fsp3) is 0.250. The Morgan fingerprint density at radius 3 is 3.00 bits per heavy atom. The van der Waals surface area contributed by atoms with E-state index in [1.807, 2.05) is 23.6 Å². The molecule has 0 aliphatic carbocycles. The van der Waals surface area contributed by atoms with Crippen LogP contribution in [0.4, 0.5) is 5.69 Å². The molecule has 23 heavy (non-hydrogen) atoms. The molecule has 3 heterocycles. The lowest BCUT2D eigenvalue weighted by atomic mass is 10.1. The van der Waals surface area contributed by atoms with Gasteiger partial charge in [-0.15, -0.1) is 11.3 Å². The molecule has 2 aliphatic rings. The zero-order valence-electron chi connectivity index (χ0n) is 12.3. The van der Waals surface area contributed by atoms with Gasteiger partial charge in [-0.2, -0.15) is 0 Å². The van der Waals surface area contributed by atoms with E-state index in [1.54, 1.807) is 18.1 Å². The first kappa shape index (κ1) is 14.9. The zero-order valence-corrected chi connectivity index (χ0v) is 14.0. The molecular weight excluding hydrogens is 330 g/mol. The quantitative estimate of drug-likeness (QED) is 0.685. The average Bonchev–Trinajstić information content (AvgIpc) is 3.18. The number of hydrogen-bond donors (Lipinski definition) is 1. The van der Waals surface area contributed by atoms with Crippen LogP contribution in [0.1, 0.15) is 10.6 Å². The Morgan fingerprint density at radius 1 is 1.35 bits per heavy atom. The van der Waals surface area contributed by atoms with Crippen LogP contribution in [-0.2, 0) is 9.53 Å². The lowest BCUT2D eigenvalue weighted by Crippen LogP contribution is -2.30. The Labute approximate surface area is 142 Å². The van der Waals surface area contributed by atoms with Crippen molar-refractivity contribution in [3.63, 3.8) is 0 Å². The van der Waals surface area contributed by atoms with Crippen molar-refractivity contribution in [2.75, 3.05) is 31.6 Å². The van der Waals surface area contributed by atoms with Gasteiger partial charge in [-0.05, 0) is 36.2 Å². The lowest BCUT2D eigenvalue weighted by molar-refractivity contribution is -0.110. The first-order chi connectivity index (χ1) is 11.3. The standard InChI is InChI=1S/C16H15N3O2S2/c20-16-13(10-15-17-3-8-22-15)12-9-11(1-2-14(12)18-16)23-19-4-6-21-7-5-19/h1-3,8-10H,4-7H2,(H,18,20)/b13-10+. The van der Waals surface area contributed by atoms with E-state index in [0.29, 0.717) is 5.57 Å². The summed E-state index contributed by atoms with van der Waals surface area (Å²) < 4.78 is 7.67. The number of nitrogens with one attached hydrogen (secondary N) is 1. The largest absolute Gasteiger partial charge is 0.379 e. The third kappa shape index (κ3) is 3.18. The van der Waals surface area contributed by atoms with Gasteiger partial charge in [0, 0.05) is 40.8 Å². The summed E-state index contributed by atoms with van der Waals surface area (Å²) in [5.74, 6) is -0.0660. The molecule has 7 heteroatoms. The fourth-order valence-corrected chi connectivity index (χ4v) is 4.08. The summed E-state index contributed by atoms with van der Waals surface area (Å²) in [6.45, 7) is 3.38. The Hall–Kier alpha value is -1.67. The number of nitrogens with zero attached hydrogens (tertiary/aromatic N) is 2. The Bertz CT molecular complexity index is 753. The van der Waals surface area contributed by atoms with Gasteiger partial charge >= 0.3 is 0 Å². The van der Waals surface area contributed by atoms with Crippen LogP contribution in [0.25, 0.3) is 11.6 Å². The van der Waals surface area contributed by atoms with Crippen LogP contribution >= 0.6 is 23.3 Å². The summed E-state index contributed by atoms with van der Waals surface area (Å²) in [5.41, 5.74) is 2.49. The highest BCUT2D eigenvalue weighted by atomic mass is 32.2. The van der Waals surface area contributed by atoms with E-state index in [-0.39, 0.29) is 5.91 Å².